The zero-order valence-electron chi connectivity index (χ0n) is 11.6. The molecule has 0 amide bonds. The van der Waals surface area contributed by atoms with Crippen LogP contribution in [-0.4, -0.2) is 32.3 Å². The smallest absolute Gasteiger partial charge is 0.0637 e. The van der Waals surface area contributed by atoms with Gasteiger partial charge in [-0.15, -0.1) is 0 Å². The van der Waals surface area contributed by atoms with Gasteiger partial charge in [0.15, 0.2) is 0 Å². The molecule has 18 heavy (non-hydrogen) atoms. The van der Waals surface area contributed by atoms with Crippen LogP contribution in [0.5, 0.6) is 0 Å². The Morgan fingerprint density at radius 3 is 2.94 bits per heavy atom. The SMILES string of the molecule is Cc1ccc(C(C)C)cc1NCC1COCCN1. The third-order valence-corrected chi connectivity index (χ3v) is 3.47. The minimum absolute atomic E-state index is 0.417. The lowest BCUT2D eigenvalue weighted by Gasteiger charge is -2.25. The summed E-state index contributed by atoms with van der Waals surface area (Å²) in [5, 5.41) is 6.99. The fourth-order valence-electron chi connectivity index (χ4n) is 2.17. The van der Waals surface area contributed by atoms with Gasteiger partial charge in [0.2, 0.25) is 0 Å². The lowest BCUT2D eigenvalue weighted by Crippen LogP contribution is -2.45. The van der Waals surface area contributed by atoms with Crippen molar-refractivity contribution in [3.8, 4) is 0 Å². The molecule has 1 unspecified atom stereocenters. The molecule has 1 aromatic carbocycles. The number of rotatable bonds is 4. The van der Waals surface area contributed by atoms with Crippen LogP contribution in [0.15, 0.2) is 18.2 Å². The molecule has 1 saturated heterocycles. The van der Waals surface area contributed by atoms with Crippen LogP contribution in [0.1, 0.15) is 30.9 Å². The predicted molar refractivity (Wildman–Crippen MR) is 76.4 cm³/mol. The Hall–Kier alpha value is -1.06. The third kappa shape index (κ3) is 3.47. The summed E-state index contributed by atoms with van der Waals surface area (Å²) >= 11 is 0. The second-order valence-electron chi connectivity index (χ2n) is 5.34. The Bertz CT molecular complexity index is 384. The maximum Gasteiger partial charge on any atom is 0.0637 e. The molecule has 0 aromatic heterocycles. The minimum Gasteiger partial charge on any atom is -0.383 e. The number of hydrogen-bond acceptors (Lipinski definition) is 3. The second-order valence-corrected chi connectivity index (χ2v) is 5.34. The Morgan fingerprint density at radius 1 is 1.44 bits per heavy atom. The van der Waals surface area contributed by atoms with Crippen LogP contribution >= 0.6 is 0 Å². The average Bonchev–Trinajstić information content (AvgIpc) is 2.38. The van der Waals surface area contributed by atoms with E-state index in [0.29, 0.717) is 12.0 Å². The number of ether oxygens (including phenoxy) is 1. The Balaban J connectivity index is 1.97. The summed E-state index contributed by atoms with van der Waals surface area (Å²) in [5.74, 6) is 0.572. The molecule has 1 aromatic rings. The van der Waals surface area contributed by atoms with Crippen molar-refractivity contribution in [2.45, 2.75) is 32.7 Å². The third-order valence-electron chi connectivity index (χ3n) is 3.47. The van der Waals surface area contributed by atoms with Crippen molar-refractivity contribution in [3.05, 3.63) is 29.3 Å². The predicted octanol–water partition coefficient (Wildman–Crippen LogP) is 2.52. The number of nitrogens with one attached hydrogen (secondary N) is 2. The molecule has 2 rings (SSSR count). The molecule has 1 heterocycles. The van der Waals surface area contributed by atoms with Crippen molar-refractivity contribution in [1.82, 2.24) is 5.32 Å². The van der Waals surface area contributed by atoms with E-state index < -0.39 is 0 Å². The zero-order valence-corrected chi connectivity index (χ0v) is 11.6. The quantitative estimate of drug-likeness (QED) is 0.859. The molecule has 3 nitrogen and oxygen atoms in total. The highest BCUT2D eigenvalue weighted by Crippen LogP contribution is 2.22. The molecular weight excluding hydrogens is 224 g/mol. The molecule has 0 aliphatic carbocycles. The van der Waals surface area contributed by atoms with Gasteiger partial charge in [0.25, 0.3) is 0 Å². The van der Waals surface area contributed by atoms with Crippen molar-refractivity contribution in [2.24, 2.45) is 0 Å². The molecule has 0 radical (unpaired) electrons. The van der Waals surface area contributed by atoms with Crippen LogP contribution in [0.3, 0.4) is 0 Å². The topological polar surface area (TPSA) is 33.3 Å². The first-order valence-electron chi connectivity index (χ1n) is 6.82. The van der Waals surface area contributed by atoms with E-state index in [0.717, 1.165) is 26.3 Å². The first-order chi connectivity index (χ1) is 8.66. The van der Waals surface area contributed by atoms with Gasteiger partial charge in [0.1, 0.15) is 0 Å². The normalized spacial score (nSPS) is 20.1. The summed E-state index contributed by atoms with van der Waals surface area (Å²) in [5.41, 5.74) is 3.93. The zero-order chi connectivity index (χ0) is 13.0. The lowest BCUT2D eigenvalue weighted by atomic mass is 10.0. The largest absolute Gasteiger partial charge is 0.383 e. The fraction of sp³-hybridized carbons (Fsp3) is 0.600. The molecule has 100 valence electrons. The van der Waals surface area contributed by atoms with Crippen LogP contribution in [-0.2, 0) is 4.74 Å². The van der Waals surface area contributed by atoms with E-state index in [-0.39, 0.29) is 0 Å². The van der Waals surface area contributed by atoms with Crippen molar-refractivity contribution < 1.29 is 4.74 Å². The van der Waals surface area contributed by atoms with E-state index in [2.05, 4.69) is 49.6 Å². The summed E-state index contributed by atoms with van der Waals surface area (Å²) in [7, 11) is 0. The standard InChI is InChI=1S/C15H24N2O/c1-11(2)13-5-4-12(3)15(8-13)17-9-14-10-18-7-6-16-14/h4-5,8,11,14,16-17H,6-7,9-10H2,1-3H3. The summed E-state index contributed by atoms with van der Waals surface area (Å²) in [6, 6.07) is 7.10. The molecule has 2 N–H and O–H groups in total. The van der Waals surface area contributed by atoms with Crippen molar-refractivity contribution in [2.75, 3.05) is 31.6 Å². The summed E-state index contributed by atoms with van der Waals surface area (Å²) in [6.07, 6.45) is 0. The van der Waals surface area contributed by atoms with E-state index in [1.165, 1.54) is 16.8 Å². The van der Waals surface area contributed by atoms with Gasteiger partial charge in [-0.05, 0) is 30.0 Å². The molecule has 0 saturated carbocycles. The number of morpholine rings is 1. The number of aryl methyl sites for hydroxylation is 1. The maximum absolute atomic E-state index is 5.46. The molecule has 3 heteroatoms. The molecule has 0 spiro atoms. The van der Waals surface area contributed by atoms with E-state index >= 15 is 0 Å². The molecule has 1 fully saturated rings. The number of anilines is 1. The Kier molecular flexibility index (Phi) is 4.61. The second kappa shape index (κ2) is 6.21. The van der Waals surface area contributed by atoms with Crippen LogP contribution in [0.2, 0.25) is 0 Å². The van der Waals surface area contributed by atoms with Gasteiger partial charge in [-0.1, -0.05) is 26.0 Å². The Morgan fingerprint density at radius 2 is 2.28 bits per heavy atom. The molecule has 1 atom stereocenters. The van der Waals surface area contributed by atoms with Crippen LogP contribution in [0.25, 0.3) is 0 Å². The van der Waals surface area contributed by atoms with Crippen LogP contribution in [0.4, 0.5) is 5.69 Å². The van der Waals surface area contributed by atoms with Gasteiger partial charge in [-0.25, -0.2) is 0 Å². The average molecular weight is 248 g/mol. The van der Waals surface area contributed by atoms with E-state index in [9.17, 15) is 0 Å². The highest BCUT2D eigenvalue weighted by Gasteiger charge is 2.13. The number of hydrogen-bond donors (Lipinski definition) is 2. The van der Waals surface area contributed by atoms with Gasteiger partial charge < -0.3 is 15.4 Å². The first kappa shape index (κ1) is 13.4. The molecule has 1 aliphatic heterocycles. The van der Waals surface area contributed by atoms with Crippen molar-refractivity contribution in [1.29, 1.82) is 0 Å². The van der Waals surface area contributed by atoms with Crippen molar-refractivity contribution >= 4 is 5.69 Å². The Labute approximate surface area is 110 Å². The monoisotopic (exact) mass is 248 g/mol. The van der Waals surface area contributed by atoms with E-state index in [1.54, 1.807) is 0 Å². The highest BCUT2D eigenvalue weighted by molar-refractivity contribution is 5.53. The molecule has 1 aliphatic rings. The molecular formula is C15H24N2O. The minimum atomic E-state index is 0.417. The van der Waals surface area contributed by atoms with Gasteiger partial charge >= 0.3 is 0 Å². The fourth-order valence-corrected chi connectivity index (χ4v) is 2.17. The highest BCUT2D eigenvalue weighted by atomic mass is 16.5. The first-order valence-corrected chi connectivity index (χ1v) is 6.82. The van der Waals surface area contributed by atoms with Crippen LogP contribution < -0.4 is 10.6 Å². The summed E-state index contributed by atoms with van der Waals surface area (Å²) in [6.45, 7) is 10.1. The van der Waals surface area contributed by atoms with Gasteiger partial charge in [0.05, 0.1) is 13.2 Å². The van der Waals surface area contributed by atoms with Gasteiger partial charge in [-0.2, -0.15) is 0 Å². The maximum atomic E-state index is 5.46. The number of benzene rings is 1. The summed E-state index contributed by atoms with van der Waals surface area (Å²) < 4.78 is 5.46. The lowest BCUT2D eigenvalue weighted by molar-refractivity contribution is 0.0806. The van der Waals surface area contributed by atoms with Gasteiger partial charge in [0, 0.05) is 24.8 Å². The van der Waals surface area contributed by atoms with E-state index in [4.69, 9.17) is 4.74 Å². The molecule has 0 bridgehead atoms. The van der Waals surface area contributed by atoms with Crippen molar-refractivity contribution in [3.63, 3.8) is 0 Å². The van der Waals surface area contributed by atoms with Crippen LogP contribution in [0, 0.1) is 6.92 Å². The van der Waals surface area contributed by atoms with E-state index in [1.807, 2.05) is 0 Å². The summed E-state index contributed by atoms with van der Waals surface area (Å²) in [4.78, 5) is 0. The van der Waals surface area contributed by atoms with Gasteiger partial charge in [-0.3, -0.25) is 0 Å².